The lowest BCUT2D eigenvalue weighted by Gasteiger charge is -2.07. The van der Waals surface area contributed by atoms with E-state index in [2.05, 4.69) is 10.4 Å². The van der Waals surface area contributed by atoms with Gasteiger partial charge in [0.05, 0.1) is 4.92 Å². The Morgan fingerprint density at radius 3 is 2.50 bits per heavy atom. The molecule has 0 saturated carbocycles. The monoisotopic (exact) mass is 404 g/mol. The van der Waals surface area contributed by atoms with Crippen LogP contribution in [0.25, 0.3) is 0 Å². The Hall–Kier alpha value is -3.27. The van der Waals surface area contributed by atoms with E-state index in [1.54, 1.807) is 6.07 Å². The van der Waals surface area contributed by atoms with Gasteiger partial charge in [0.15, 0.2) is 5.69 Å². The maximum absolute atomic E-state index is 12.6. The second kappa shape index (κ2) is 8.17. The van der Waals surface area contributed by atoms with Crippen LogP contribution in [0.3, 0.4) is 0 Å². The molecule has 10 heteroatoms. The Bertz CT molecular complexity index is 1020. The molecule has 3 aromatic rings. The number of aryl methyl sites for hydroxylation is 1. The summed E-state index contributed by atoms with van der Waals surface area (Å²) in [6.07, 6.45) is 0.978. The van der Waals surface area contributed by atoms with E-state index in [9.17, 15) is 23.7 Å². The molecule has 0 spiro atoms. The first-order valence-corrected chi connectivity index (χ1v) is 8.82. The first-order chi connectivity index (χ1) is 13.3. The SMILES string of the molecule is Cc1ccc(Sc2cc(NC(=O)c3ccn(C(F)F)n3)cc([N+](=O)[O-])c2)cc1. The van der Waals surface area contributed by atoms with Gasteiger partial charge in [-0.1, -0.05) is 29.5 Å². The zero-order chi connectivity index (χ0) is 20.3. The normalized spacial score (nSPS) is 10.9. The van der Waals surface area contributed by atoms with Crippen LogP contribution in [-0.4, -0.2) is 20.6 Å². The number of nitrogens with zero attached hydrogens (tertiary/aromatic N) is 3. The maximum Gasteiger partial charge on any atom is 0.333 e. The highest BCUT2D eigenvalue weighted by molar-refractivity contribution is 7.99. The fourth-order valence-electron chi connectivity index (χ4n) is 2.33. The van der Waals surface area contributed by atoms with Crippen LogP contribution in [0.15, 0.2) is 64.5 Å². The number of amides is 1. The number of nitrogens with one attached hydrogen (secondary N) is 1. The van der Waals surface area contributed by atoms with E-state index in [0.29, 0.717) is 9.58 Å². The van der Waals surface area contributed by atoms with Gasteiger partial charge in [0.1, 0.15) is 0 Å². The molecule has 1 amide bonds. The van der Waals surface area contributed by atoms with Crippen LogP contribution in [0, 0.1) is 17.0 Å². The lowest BCUT2D eigenvalue weighted by atomic mass is 10.2. The van der Waals surface area contributed by atoms with E-state index in [1.807, 2.05) is 31.2 Å². The van der Waals surface area contributed by atoms with Gasteiger partial charge in [0, 0.05) is 33.8 Å². The van der Waals surface area contributed by atoms with Gasteiger partial charge in [-0.25, -0.2) is 4.68 Å². The van der Waals surface area contributed by atoms with Gasteiger partial charge in [-0.3, -0.25) is 14.9 Å². The Labute approximate surface area is 162 Å². The second-order valence-corrected chi connectivity index (χ2v) is 6.95. The van der Waals surface area contributed by atoms with Crippen molar-refractivity contribution in [2.45, 2.75) is 23.3 Å². The van der Waals surface area contributed by atoms with Crippen molar-refractivity contribution in [3.8, 4) is 0 Å². The average molecular weight is 404 g/mol. The molecule has 0 saturated heterocycles. The highest BCUT2D eigenvalue weighted by Crippen LogP contribution is 2.33. The van der Waals surface area contributed by atoms with Crippen LogP contribution in [-0.2, 0) is 0 Å². The van der Waals surface area contributed by atoms with Gasteiger partial charge in [0.25, 0.3) is 11.6 Å². The lowest BCUT2D eigenvalue weighted by molar-refractivity contribution is -0.385. The molecule has 2 aromatic carbocycles. The number of carbonyl (C=O) groups excluding carboxylic acids is 1. The summed E-state index contributed by atoms with van der Waals surface area (Å²) in [5, 5.41) is 17.2. The number of halogens is 2. The molecular formula is C18H14F2N4O3S. The highest BCUT2D eigenvalue weighted by Gasteiger charge is 2.16. The molecule has 3 rings (SSSR count). The molecule has 1 heterocycles. The van der Waals surface area contributed by atoms with Gasteiger partial charge in [0.2, 0.25) is 0 Å². The third kappa shape index (κ3) is 4.71. The van der Waals surface area contributed by atoms with Crippen molar-refractivity contribution in [3.63, 3.8) is 0 Å². The summed E-state index contributed by atoms with van der Waals surface area (Å²) in [5.41, 5.74) is 0.824. The average Bonchev–Trinajstić information content (AvgIpc) is 3.14. The fraction of sp³-hybridized carbons (Fsp3) is 0.111. The number of non-ortho nitro benzene ring substituents is 1. The van der Waals surface area contributed by atoms with Crippen LogP contribution in [0.2, 0.25) is 0 Å². The van der Waals surface area contributed by atoms with Crippen LogP contribution in [0.4, 0.5) is 20.2 Å². The molecule has 0 aliphatic heterocycles. The van der Waals surface area contributed by atoms with Gasteiger partial charge in [-0.05, 0) is 31.2 Å². The van der Waals surface area contributed by atoms with Crippen LogP contribution in [0.1, 0.15) is 22.6 Å². The van der Waals surface area contributed by atoms with Crippen molar-refractivity contribution >= 4 is 29.0 Å². The summed E-state index contributed by atoms with van der Waals surface area (Å²) in [7, 11) is 0. The van der Waals surface area contributed by atoms with Crippen molar-refractivity contribution in [2.75, 3.05) is 5.32 Å². The highest BCUT2D eigenvalue weighted by atomic mass is 32.2. The molecule has 0 aliphatic rings. The molecule has 0 aliphatic carbocycles. The molecule has 0 atom stereocenters. The van der Waals surface area contributed by atoms with Crippen LogP contribution in [0.5, 0.6) is 0 Å². The molecule has 0 fully saturated rings. The molecule has 0 radical (unpaired) electrons. The third-order valence-electron chi connectivity index (χ3n) is 3.66. The van der Waals surface area contributed by atoms with E-state index in [-0.39, 0.29) is 17.1 Å². The number of rotatable bonds is 6. The van der Waals surface area contributed by atoms with Gasteiger partial charge >= 0.3 is 6.55 Å². The zero-order valence-electron chi connectivity index (χ0n) is 14.5. The van der Waals surface area contributed by atoms with Crippen LogP contribution < -0.4 is 5.32 Å². The summed E-state index contributed by atoms with van der Waals surface area (Å²) in [5.74, 6) is -0.744. The van der Waals surface area contributed by atoms with Crippen molar-refractivity contribution < 1.29 is 18.5 Å². The van der Waals surface area contributed by atoms with Crippen molar-refractivity contribution in [1.82, 2.24) is 9.78 Å². The minimum Gasteiger partial charge on any atom is -0.320 e. The topological polar surface area (TPSA) is 90.1 Å². The standard InChI is InChI=1S/C18H14F2N4O3S/c1-11-2-4-14(5-3-11)28-15-9-12(8-13(10-15)24(26)27)21-17(25)16-6-7-23(22-16)18(19)20/h2-10,18H,1H3,(H,21,25). The fourth-order valence-corrected chi connectivity index (χ4v) is 3.24. The number of carbonyl (C=O) groups is 1. The number of nitro groups is 1. The number of alkyl halides is 2. The minimum atomic E-state index is -2.86. The molecular weight excluding hydrogens is 390 g/mol. The van der Waals surface area contributed by atoms with Gasteiger partial charge in [-0.2, -0.15) is 13.9 Å². The maximum atomic E-state index is 12.6. The van der Waals surface area contributed by atoms with E-state index in [1.165, 1.54) is 23.9 Å². The molecule has 28 heavy (non-hydrogen) atoms. The first-order valence-electron chi connectivity index (χ1n) is 8.00. The smallest absolute Gasteiger partial charge is 0.320 e. The van der Waals surface area contributed by atoms with Crippen molar-refractivity contribution in [1.29, 1.82) is 0 Å². The molecule has 7 nitrogen and oxygen atoms in total. The molecule has 1 aromatic heterocycles. The largest absolute Gasteiger partial charge is 0.333 e. The second-order valence-electron chi connectivity index (χ2n) is 5.80. The molecule has 0 bridgehead atoms. The van der Waals surface area contributed by atoms with E-state index in [4.69, 9.17) is 0 Å². The predicted molar refractivity (Wildman–Crippen MR) is 99.8 cm³/mol. The van der Waals surface area contributed by atoms with E-state index >= 15 is 0 Å². The number of nitro benzene ring substituents is 1. The number of anilines is 1. The van der Waals surface area contributed by atoms with Crippen molar-refractivity contribution in [2.24, 2.45) is 0 Å². The Morgan fingerprint density at radius 2 is 1.89 bits per heavy atom. The quantitative estimate of drug-likeness (QED) is 0.466. The summed E-state index contributed by atoms with van der Waals surface area (Å²) < 4.78 is 25.5. The minimum absolute atomic E-state index is 0.167. The third-order valence-corrected chi connectivity index (χ3v) is 4.64. The lowest BCUT2D eigenvalue weighted by Crippen LogP contribution is -2.13. The molecule has 144 valence electrons. The summed E-state index contributed by atoms with van der Waals surface area (Å²) in [6, 6.07) is 12.9. The molecule has 1 N–H and O–H groups in total. The number of benzene rings is 2. The van der Waals surface area contributed by atoms with E-state index < -0.39 is 17.4 Å². The Kier molecular flexibility index (Phi) is 5.69. The number of aromatic nitrogens is 2. The van der Waals surface area contributed by atoms with Crippen LogP contribution >= 0.6 is 11.8 Å². The first kappa shape index (κ1) is 19.5. The van der Waals surface area contributed by atoms with E-state index in [0.717, 1.165) is 22.7 Å². The number of hydrogen-bond acceptors (Lipinski definition) is 5. The van der Waals surface area contributed by atoms with Crippen molar-refractivity contribution in [3.05, 3.63) is 76.1 Å². The Morgan fingerprint density at radius 1 is 1.18 bits per heavy atom. The summed E-state index contributed by atoms with van der Waals surface area (Å²) in [4.78, 5) is 24.3. The zero-order valence-corrected chi connectivity index (χ0v) is 15.3. The number of hydrogen-bond donors (Lipinski definition) is 1. The predicted octanol–water partition coefficient (Wildman–Crippen LogP) is 4.90. The Balaban J connectivity index is 1.84. The van der Waals surface area contributed by atoms with Gasteiger partial charge < -0.3 is 5.32 Å². The molecule has 0 unspecified atom stereocenters. The van der Waals surface area contributed by atoms with Gasteiger partial charge in [-0.15, -0.1) is 0 Å². The summed E-state index contributed by atoms with van der Waals surface area (Å²) in [6.45, 7) is -0.915. The summed E-state index contributed by atoms with van der Waals surface area (Å²) >= 11 is 1.30.